The number of nitrogens with one attached hydrogen (secondary N) is 1. The predicted molar refractivity (Wildman–Crippen MR) is 143 cm³/mol. The number of hydrogen-bond donors (Lipinski definition) is 1. The van der Waals surface area contributed by atoms with Gasteiger partial charge in [0.25, 0.3) is 11.8 Å². The fourth-order valence-electron chi connectivity index (χ4n) is 4.05. The third kappa shape index (κ3) is 5.84. The van der Waals surface area contributed by atoms with E-state index >= 15 is 0 Å². The van der Waals surface area contributed by atoms with Crippen LogP contribution in [-0.2, 0) is 16.2 Å². The van der Waals surface area contributed by atoms with Crippen molar-refractivity contribution in [3.63, 3.8) is 0 Å². The number of benzene rings is 3. The van der Waals surface area contributed by atoms with Crippen LogP contribution in [0.15, 0.2) is 60.2 Å². The molecule has 8 heteroatoms. The van der Waals surface area contributed by atoms with Gasteiger partial charge in [-0.25, -0.2) is 9.69 Å². The number of hydrogen-bond acceptors (Lipinski definition) is 5. The maximum absolute atomic E-state index is 13.3. The first-order valence-corrected chi connectivity index (χ1v) is 12.2. The molecular formula is C29H27ClN2O5. The maximum atomic E-state index is 13.3. The Morgan fingerprint density at radius 1 is 0.892 bits per heavy atom. The molecule has 0 aromatic heterocycles. The van der Waals surface area contributed by atoms with Crippen molar-refractivity contribution in [2.45, 2.75) is 34.3 Å². The van der Waals surface area contributed by atoms with Crippen molar-refractivity contribution in [3.8, 4) is 11.5 Å². The summed E-state index contributed by atoms with van der Waals surface area (Å²) >= 11 is 6.55. The van der Waals surface area contributed by atoms with Crippen LogP contribution in [-0.4, -0.2) is 24.5 Å². The molecule has 0 unspecified atom stereocenters. The summed E-state index contributed by atoms with van der Waals surface area (Å²) in [5, 5.41) is 2.51. The summed E-state index contributed by atoms with van der Waals surface area (Å²) in [6.45, 7) is 8.21. The van der Waals surface area contributed by atoms with Crippen LogP contribution in [0.4, 0.5) is 10.5 Å². The van der Waals surface area contributed by atoms with Crippen LogP contribution in [0.2, 0.25) is 5.02 Å². The van der Waals surface area contributed by atoms with Gasteiger partial charge in [0.1, 0.15) is 12.2 Å². The molecule has 1 aliphatic rings. The fourth-order valence-corrected chi connectivity index (χ4v) is 4.33. The van der Waals surface area contributed by atoms with Gasteiger partial charge >= 0.3 is 6.03 Å². The molecule has 37 heavy (non-hydrogen) atoms. The van der Waals surface area contributed by atoms with Crippen LogP contribution < -0.4 is 19.7 Å². The molecule has 1 N–H and O–H groups in total. The SMILES string of the molecule is CCOc1cc(/C=C2\C(=O)NC(=O)N(c3cc(C)cc(C)c3)C2=O)cc(Cl)c1OCc1ccc(C)cc1. The number of ether oxygens (including phenoxy) is 2. The van der Waals surface area contributed by atoms with E-state index in [2.05, 4.69) is 5.32 Å². The molecule has 3 aromatic rings. The van der Waals surface area contributed by atoms with Crippen molar-refractivity contribution in [1.29, 1.82) is 0 Å². The lowest BCUT2D eigenvalue weighted by Crippen LogP contribution is -2.54. The zero-order valence-electron chi connectivity index (χ0n) is 21.1. The average molecular weight is 519 g/mol. The van der Waals surface area contributed by atoms with Gasteiger partial charge in [0.2, 0.25) is 0 Å². The molecule has 7 nitrogen and oxygen atoms in total. The highest BCUT2D eigenvalue weighted by atomic mass is 35.5. The number of aryl methyl sites for hydroxylation is 3. The van der Waals surface area contributed by atoms with E-state index in [4.69, 9.17) is 21.1 Å². The van der Waals surface area contributed by atoms with Crippen molar-refractivity contribution < 1.29 is 23.9 Å². The van der Waals surface area contributed by atoms with Gasteiger partial charge in [-0.1, -0.05) is 47.5 Å². The van der Waals surface area contributed by atoms with Crippen molar-refractivity contribution in [2.24, 2.45) is 0 Å². The normalized spacial score (nSPS) is 14.7. The Morgan fingerprint density at radius 3 is 2.22 bits per heavy atom. The van der Waals surface area contributed by atoms with Crippen molar-refractivity contribution in [2.75, 3.05) is 11.5 Å². The molecule has 3 aromatic carbocycles. The van der Waals surface area contributed by atoms with Crippen LogP contribution in [0, 0.1) is 20.8 Å². The summed E-state index contributed by atoms with van der Waals surface area (Å²) in [7, 11) is 0. The van der Waals surface area contributed by atoms with Gasteiger partial charge in [-0.2, -0.15) is 0 Å². The van der Waals surface area contributed by atoms with Crippen LogP contribution in [0.5, 0.6) is 11.5 Å². The summed E-state index contributed by atoms with van der Waals surface area (Å²) in [5.74, 6) is -0.783. The second-order valence-electron chi connectivity index (χ2n) is 8.84. The molecule has 1 saturated heterocycles. The molecule has 190 valence electrons. The predicted octanol–water partition coefficient (Wildman–Crippen LogP) is 5.91. The Kier molecular flexibility index (Phi) is 7.64. The van der Waals surface area contributed by atoms with Gasteiger partial charge in [-0.05, 0) is 80.3 Å². The highest BCUT2D eigenvalue weighted by Crippen LogP contribution is 2.38. The Morgan fingerprint density at radius 2 is 1.57 bits per heavy atom. The molecule has 4 rings (SSSR count). The van der Waals surface area contributed by atoms with Gasteiger partial charge in [-0.3, -0.25) is 14.9 Å². The van der Waals surface area contributed by atoms with E-state index in [0.29, 0.717) is 29.4 Å². The third-order valence-corrected chi connectivity index (χ3v) is 5.99. The van der Waals surface area contributed by atoms with Crippen LogP contribution >= 0.6 is 11.6 Å². The van der Waals surface area contributed by atoms with Crippen molar-refractivity contribution in [3.05, 3.63) is 93.0 Å². The first kappa shape index (κ1) is 26.0. The van der Waals surface area contributed by atoms with Crippen LogP contribution in [0.3, 0.4) is 0 Å². The zero-order valence-corrected chi connectivity index (χ0v) is 21.8. The molecule has 0 bridgehead atoms. The highest BCUT2D eigenvalue weighted by molar-refractivity contribution is 6.39. The molecule has 0 radical (unpaired) electrons. The minimum Gasteiger partial charge on any atom is -0.490 e. The monoisotopic (exact) mass is 518 g/mol. The van der Waals surface area contributed by atoms with Gasteiger partial charge < -0.3 is 9.47 Å². The number of carbonyl (C=O) groups excluding carboxylic acids is 3. The Labute approximate surface area is 220 Å². The molecule has 1 aliphatic heterocycles. The zero-order chi connectivity index (χ0) is 26.7. The molecule has 0 aliphatic carbocycles. The number of halogens is 1. The molecule has 0 atom stereocenters. The van der Waals surface area contributed by atoms with E-state index in [1.165, 1.54) is 6.08 Å². The Balaban J connectivity index is 1.67. The molecular weight excluding hydrogens is 492 g/mol. The van der Waals surface area contributed by atoms with Gasteiger partial charge in [-0.15, -0.1) is 0 Å². The quantitative estimate of drug-likeness (QED) is 0.310. The minimum absolute atomic E-state index is 0.203. The largest absolute Gasteiger partial charge is 0.490 e. The number of barbiturate groups is 1. The van der Waals surface area contributed by atoms with Gasteiger partial charge in [0, 0.05) is 0 Å². The molecule has 0 spiro atoms. The first-order chi connectivity index (χ1) is 17.7. The summed E-state index contributed by atoms with van der Waals surface area (Å²) in [6, 6.07) is 15.7. The molecule has 0 saturated carbocycles. The van der Waals surface area contributed by atoms with E-state index in [1.54, 1.807) is 24.3 Å². The van der Waals surface area contributed by atoms with E-state index in [0.717, 1.165) is 27.2 Å². The number of carbonyl (C=O) groups is 3. The van der Waals surface area contributed by atoms with Crippen LogP contribution in [0.1, 0.15) is 34.7 Å². The van der Waals surface area contributed by atoms with E-state index in [9.17, 15) is 14.4 Å². The molecule has 1 fully saturated rings. The molecule has 1 heterocycles. The topological polar surface area (TPSA) is 84.9 Å². The smallest absolute Gasteiger partial charge is 0.335 e. The van der Waals surface area contributed by atoms with Gasteiger partial charge in [0.05, 0.1) is 17.3 Å². The Bertz CT molecular complexity index is 1390. The first-order valence-electron chi connectivity index (χ1n) is 11.8. The van der Waals surface area contributed by atoms with E-state index in [1.807, 2.05) is 58.0 Å². The lowest BCUT2D eigenvalue weighted by Gasteiger charge is -2.27. The summed E-state index contributed by atoms with van der Waals surface area (Å²) in [5.41, 5.74) is 4.50. The number of imide groups is 2. The fraction of sp³-hybridized carbons (Fsp3) is 0.207. The standard InChI is InChI=1S/C29H27ClN2O5/c1-5-36-25-15-21(14-24(30)26(25)37-16-20-8-6-17(2)7-9-20)13-23-27(33)31-29(35)32(28(23)34)22-11-18(3)10-19(4)12-22/h6-15H,5,16H2,1-4H3,(H,31,33,35)/b23-13+. The van der Waals surface area contributed by atoms with Crippen LogP contribution in [0.25, 0.3) is 6.08 Å². The van der Waals surface area contributed by atoms with Crippen molar-refractivity contribution in [1.82, 2.24) is 5.32 Å². The average Bonchev–Trinajstić information content (AvgIpc) is 2.82. The van der Waals surface area contributed by atoms with Gasteiger partial charge in [0.15, 0.2) is 11.5 Å². The maximum Gasteiger partial charge on any atom is 0.335 e. The summed E-state index contributed by atoms with van der Waals surface area (Å²) < 4.78 is 11.7. The number of nitrogens with zero attached hydrogens (tertiary/aromatic N) is 1. The van der Waals surface area contributed by atoms with E-state index < -0.39 is 17.8 Å². The van der Waals surface area contributed by atoms with Crippen molar-refractivity contribution >= 4 is 41.2 Å². The molecule has 4 amide bonds. The minimum atomic E-state index is -0.801. The Hall–Kier alpha value is -4.10. The number of anilines is 1. The number of urea groups is 1. The highest BCUT2D eigenvalue weighted by Gasteiger charge is 2.37. The lowest BCUT2D eigenvalue weighted by molar-refractivity contribution is -0.122. The second-order valence-corrected chi connectivity index (χ2v) is 9.25. The number of rotatable bonds is 7. The summed E-state index contributed by atoms with van der Waals surface area (Å²) in [6.07, 6.45) is 1.39. The lowest BCUT2D eigenvalue weighted by atomic mass is 10.0. The second kappa shape index (κ2) is 10.9. The third-order valence-electron chi connectivity index (χ3n) is 5.71. The number of amides is 4. The summed E-state index contributed by atoms with van der Waals surface area (Å²) in [4.78, 5) is 39.5. The van der Waals surface area contributed by atoms with E-state index in [-0.39, 0.29) is 17.2 Å².